The molecule has 5 nitrogen and oxygen atoms in total. The van der Waals surface area contributed by atoms with Crippen molar-refractivity contribution in [2.24, 2.45) is 10.7 Å². The Kier molecular flexibility index (Phi) is 17.0. The van der Waals surface area contributed by atoms with Gasteiger partial charge in [0.1, 0.15) is 0 Å². The van der Waals surface area contributed by atoms with Crippen LogP contribution < -0.4 is 16.4 Å². The Hall–Kier alpha value is -0.530. The Bertz CT molecular complexity index is 247. The Morgan fingerprint density at radius 2 is 1.79 bits per heavy atom. The van der Waals surface area contributed by atoms with Crippen LogP contribution in [0.15, 0.2) is 4.99 Å². The van der Waals surface area contributed by atoms with Crippen LogP contribution in [0.3, 0.4) is 0 Å². The lowest BCUT2D eigenvalue weighted by Gasteiger charge is -2.06. The fourth-order valence-electron chi connectivity index (χ4n) is 1.45. The van der Waals surface area contributed by atoms with Crippen molar-refractivity contribution >= 4 is 35.8 Å². The average molecular weight is 384 g/mol. The van der Waals surface area contributed by atoms with E-state index in [0.717, 1.165) is 25.9 Å². The number of nitrogens with one attached hydrogen (secondary N) is 2. The van der Waals surface area contributed by atoms with E-state index in [0.29, 0.717) is 18.9 Å². The largest absolute Gasteiger partial charge is 0.370 e. The van der Waals surface area contributed by atoms with E-state index in [2.05, 4.69) is 22.5 Å². The molecule has 0 rings (SSSR count). The zero-order valence-electron chi connectivity index (χ0n) is 12.2. The van der Waals surface area contributed by atoms with Crippen LogP contribution in [-0.4, -0.2) is 31.5 Å². The molecule has 0 aliphatic heterocycles. The first kappa shape index (κ1) is 20.8. The molecule has 0 saturated carbocycles. The summed E-state index contributed by atoms with van der Waals surface area (Å²) in [5, 5.41) is 5.76. The van der Waals surface area contributed by atoms with E-state index in [1.165, 1.54) is 19.3 Å². The zero-order valence-corrected chi connectivity index (χ0v) is 14.5. The topological polar surface area (TPSA) is 79.5 Å². The molecule has 0 unspecified atom stereocenters. The van der Waals surface area contributed by atoms with Gasteiger partial charge in [-0.05, 0) is 12.8 Å². The molecular formula is C13H29IN4O. The summed E-state index contributed by atoms with van der Waals surface area (Å²) in [5.74, 6) is 0.495. The highest BCUT2D eigenvalue weighted by atomic mass is 127. The molecule has 4 N–H and O–H groups in total. The molecule has 0 radical (unpaired) electrons. The number of nitrogens with zero attached hydrogens (tertiary/aromatic N) is 1. The normalized spacial score (nSPS) is 10.7. The van der Waals surface area contributed by atoms with Crippen LogP contribution >= 0.6 is 24.0 Å². The average Bonchev–Trinajstić information content (AvgIpc) is 2.36. The summed E-state index contributed by atoms with van der Waals surface area (Å²) >= 11 is 0. The molecule has 0 aliphatic rings. The van der Waals surface area contributed by atoms with E-state index in [-0.39, 0.29) is 29.9 Å². The molecule has 0 spiro atoms. The second kappa shape index (κ2) is 15.5. The van der Waals surface area contributed by atoms with E-state index in [1.54, 1.807) is 0 Å². The predicted octanol–water partition coefficient (Wildman–Crippen LogP) is 2.01. The molecule has 0 saturated heterocycles. The van der Waals surface area contributed by atoms with Gasteiger partial charge >= 0.3 is 0 Å². The highest BCUT2D eigenvalue weighted by Crippen LogP contribution is 1.98. The first-order valence-corrected chi connectivity index (χ1v) is 7.01. The van der Waals surface area contributed by atoms with E-state index in [4.69, 9.17) is 5.73 Å². The number of carbonyl (C=O) groups excluding carboxylic acids is 1. The number of hydrogen-bond donors (Lipinski definition) is 3. The summed E-state index contributed by atoms with van der Waals surface area (Å²) < 4.78 is 0. The summed E-state index contributed by atoms with van der Waals surface area (Å²) in [7, 11) is 0. The summed E-state index contributed by atoms with van der Waals surface area (Å²) in [5.41, 5.74) is 5.68. The van der Waals surface area contributed by atoms with Gasteiger partial charge in [0.25, 0.3) is 0 Å². The van der Waals surface area contributed by atoms with Crippen LogP contribution in [0, 0.1) is 0 Å². The third-order valence-electron chi connectivity index (χ3n) is 2.52. The minimum atomic E-state index is 0. The lowest BCUT2D eigenvalue weighted by molar-refractivity contribution is -0.120. The first-order chi connectivity index (χ1) is 8.70. The lowest BCUT2D eigenvalue weighted by atomic mass is 10.2. The second-order valence-corrected chi connectivity index (χ2v) is 4.35. The molecule has 0 aromatic rings. The van der Waals surface area contributed by atoms with Crippen LogP contribution in [0.4, 0.5) is 0 Å². The van der Waals surface area contributed by atoms with Gasteiger partial charge in [-0.25, -0.2) is 0 Å². The third kappa shape index (κ3) is 15.4. The molecule has 0 fully saturated rings. The fourth-order valence-corrected chi connectivity index (χ4v) is 1.45. The minimum absolute atomic E-state index is 0. The molecule has 0 aromatic heterocycles. The Morgan fingerprint density at radius 3 is 2.42 bits per heavy atom. The summed E-state index contributed by atoms with van der Waals surface area (Å²) in [4.78, 5) is 15.5. The Labute approximate surface area is 134 Å². The monoisotopic (exact) mass is 384 g/mol. The van der Waals surface area contributed by atoms with E-state index in [9.17, 15) is 4.79 Å². The van der Waals surface area contributed by atoms with Gasteiger partial charge in [-0.2, -0.15) is 0 Å². The van der Waals surface area contributed by atoms with Crippen LogP contribution in [0.2, 0.25) is 0 Å². The zero-order chi connectivity index (χ0) is 13.6. The highest BCUT2D eigenvalue weighted by molar-refractivity contribution is 14.0. The minimum Gasteiger partial charge on any atom is -0.370 e. The number of halogens is 1. The van der Waals surface area contributed by atoms with Gasteiger partial charge in [0.2, 0.25) is 5.91 Å². The van der Waals surface area contributed by atoms with Crippen molar-refractivity contribution in [1.29, 1.82) is 0 Å². The maximum atomic E-state index is 11.3. The van der Waals surface area contributed by atoms with Crippen molar-refractivity contribution in [3.05, 3.63) is 0 Å². The number of guanidine groups is 1. The molecular weight excluding hydrogens is 355 g/mol. The molecule has 1 amide bonds. The van der Waals surface area contributed by atoms with Crippen LogP contribution in [0.1, 0.15) is 52.4 Å². The van der Waals surface area contributed by atoms with Crippen molar-refractivity contribution < 1.29 is 4.79 Å². The third-order valence-corrected chi connectivity index (χ3v) is 2.52. The molecule has 6 heteroatoms. The predicted molar refractivity (Wildman–Crippen MR) is 92.0 cm³/mol. The van der Waals surface area contributed by atoms with Gasteiger partial charge in [0.05, 0.1) is 0 Å². The van der Waals surface area contributed by atoms with Crippen LogP contribution in [-0.2, 0) is 4.79 Å². The van der Waals surface area contributed by atoms with Gasteiger partial charge < -0.3 is 16.4 Å². The Morgan fingerprint density at radius 1 is 1.05 bits per heavy atom. The Balaban J connectivity index is 0. The van der Waals surface area contributed by atoms with Crippen molar-refractivity contribution in [2.45, 2.75) is 52.4 Å². The number of carbonyl (C=O) groups is 1. The number of hydrogen-bond acceptors (Lipinski definition) is 2. The van der Waals surface area contributed by atoms with Gasteiger partial charge in [-0.15, -0.1) is 24.0 Å². The van der Waals surface area contributed by atoms with Crippen molar-refractivity contribution in [2.75, 3.05) is 19.6 Å². The van der Waals surface area contributed by atoms with E-state index >= 15 is 0 Å². The maximum Gasteiger partial charge on any atom is 0.221 e. The highest BCUT2D eigenvalue weighted by Gasteiger charge is 1.99. The van der Waals surface area contributed by atoms with E-state index < -0.39 is 0 Å². The maximum absolute atomic E-state index is 11.3. The smallest absolute Gasteiger partial charge is 0.221 e. The van der Waals surface area contributed by atoms with Gasteiger partial charge in [-0.1, -0.05) is 33.1 Å². The lowest BCUT2D eigenvalue weighted by Crippen LogP contribution is -2.35. The molecule has 0 aliphatic carbocycles. The number of amides is 1. The number of nitrogens with two attached hydrogens (primary N) is 1. The molecule has 114 valence electrons. The SMILES string of the molecule is CCCCCCN=C(N)NCCC(=O)NCCC.I. The fraction of sp³-hybridized carbons (Fsp3) is 0.846. The number of rotatable bonds is 10. The van der Waals surface area contributed by atoms with Gasteiger partial charge in [-0.3, -0.25) is 9.79 Å². The second-order valence-electron chi connectivity index (χ2n) is 4.35. The summed E-state index contributed by atoms with van der Waals surface area (Å²) in [6.45, 7) is 6.25. The van der Waals surface area contributed by atoms with Crippen molar-refractivity contribution in [1.82, 2.24) is 10.6 Å². The van der Waals surface area contributed by atoms with Crippen LogP contribution in [0.25, 0.3) is 0 Å². The van der Waals surface area contributed by atoms with Crippen molar-refractivity contribution in [3.8, 4) is 0 Å². The van der Waals surface area contributed by atoms with Gasteiger partial charge in [0, 0.05) is 26.1 Å². The van der Waals surface area contributed by atoms with Gasteiger partial charge in [0.15, 0.2) is 5.96 Å². The summed E-state index contributed by atoms with van der Waals surface area (Å²) in [6, 6.07) is 0. The molecule has 19 heavy (non-hydrogen) atoms. The summed E-state index contributed by atoms with van der Waals surface area (Å²) in [6.07, 6.45) is 6.15. The molecule has 0 bridgehead atoms. The van der Waals surface area contributed by atoms with Crippen LogP contribution in [0.5, 0.6) is 0 Å². The molecule has 0 atom stereocenters. The standard InChI is InChI=1S/C13H28N4O.HI/c1-3-5-6-7-10-16-13(14)17-11-8-12(18)15-9-4-2;/h3-11H2,1-2H3,(H,15,18)(H3,14,16,17);1H. The first-order valence-electron chi connectivity index (χ1n) is 7.01. The number of unbranched alkanes of at least 4 members (excludes halogenated alkanes) is 3. The molecule has 0 heterocycles. The number of aliphatic imine (C=N–C) groups is 1. The molecule has 0 aromatic carbocycles. The van der Waals surface area contributed by atoms with E-state index in [1.807, 2.05) is 6.92 Å². The van der Waals surface area contributed by atoms with Crippen molar-refractivity contribution in [3.63, 3.8) is 0 Å². The quantitative estimate of drug-likeness (QED) is 0.233.